The van der Waals surface area contributed by atoms with E-state index in [9.17, 15) is 0 Å². The molecule has 62 valence electrons. The predicted molar refractivity (Wildman–Crippen MR) is 48.0 cm³/mol. The molecule has 0 aromatic carbocycles. The van der Waals surface area contributed by atoms with Crippen LogP contribution in [0.15, 0.2) is 0 Å². The summed E-state index contributed by atoms with van der Waals surface area (Å²) in [4.78, 5) is 0. The highest BCUT2D eigenvalue weighted by atomic mass is 14.5. The van der Waals surface area contributed by atoms with Gasteiger partial charge in [-0.2, -0.15) is 0 Å². The average Bonchev–Trinajstić information content (AvgIpc) is 2.07. The van der Waals surface area contributed by atoms with E-state index in [1.165, 1.54) is 32.1 Å². The Morgan fingerprint density at radius 3 is 2.36 bits per heavy atom. The van der Waals surface area contributed by atoms with Crippen molar-refractivity contribution < 1.29 is 0 Å². The fraction of sp³-hybridized carbons (Fsp3) is 0.800. The Morgan fingerprint density at radius 2 is 1.91 bits per heavy atom. The number of rotatable bonds is 2. The van der Waals surface area contributed by atoms with Gasteiger partial charge in [-0.1, -0.05) is 25.2 Å². The third-order valence-electron chi connectivity index (χ3n) is 2.74. The summed E-state index contributed by atoms with van der Waals surface area (Å²) in [5.74, 6) is 2.94. The van der Waals surface area contributed by atoms with E-state index >= 15 is 0 Å². The summed E-state index contributed by atoms with van der Waals surface area (Å²) >= 11 is 0. The van der Waals surface area contributed by atoms with Crippen LogP contribution in [0.2, 0.25) is 0 Å². The minimum absolute atomic E-state index is 0.174. The molecule has 1 rings (SSSR count). The fourth-order valence-corrected chi connectivity index (χ4v) is 1.97. The lowest BCUT2D eigenvalue weighted by Gasteiger charge is -2.31. The molecule has 1 aliphatic rings. The largest absolute Gasteiger partial charge is 0.330 e. The van der Waals surface area contributed by atoms with Gasteiger partial charge in [0.05, 0.1) is 0 Å². The Labute approximate surface area is 69.4 Å². The molecule has 1 heteroatoms. The van der Waals surface area contributed by atoms with Gasteiger partial charge in [-0.25, -0.2) is 0 Å². The number of hydrogen-bond acceptors (Lipinski definition) is 1. The van der Waals surface area contributed by atoms with Crippen LogP contribution in [0.3, 0.4) is 0 Å². The third kappa shape index (κ3) is 1.97. The fourth-order valence-electron chi connectivity index (χ4n) is 1.97. The highest BCUT2D eigenvalue weighted by Gasteiger charge is 2.28. The monoisotopic (exact) mass is 151 g/mol. The van der Waals surface area contributed by atoms with Crippen LogP contribution in [-0.4, -0.2) is 6.54 Å². The minimum Gasteiger partial charge on any atom is -0.330 e. The molecule has 0 aromatic rings. The second kappa shape index (κ2) is 3.78. The molecule has 11 heavy (non-hydrogen) atoms. The summed E-state index contributed by atoms with van der Waals surface area (Å²) in [7, 11) is 0. The van der Waals surface area contributed by atoms with Gasteiger partial charge in [-0.05, 0) is 25.8 Å². The molecule has 0 aromatic heterocycles. The van der Waals surface area contributed by atoms with Crippen LogP contribution in [0.1, 0.15) is 38.5 Å². The molecular formula is C10H17N. The molecule has 1 nitrogen and oxygen atoms in total. The van der Waals surface area contributed by atoms with Crippen LogP contribution < -0.4 is 5.73 Å². The van der Waals surface area contributed by atoms with Gasteiger partial charge in [0.25, 0.3) is 0 Å². The van der Waals surface area contributed by atoms with Crippen molar-refractivity contribution in [2.75, 3.05) is 6.54 Å². The Kier molecular flexibility index (Phi) is 2.96. The normalized spacial score (nSPS) is 22.5. The van der Waals surface area contributed by atoms with Crippen LogP contribution in [0.25, 0.3) is 0 Å². The molecule has 0 saturated heterocycles. The van der Waals surface area contributed by atoms with E-state index < -0.39 is 0 Å². The summed E-state index contributed by atoms with van der Waals surface area (Å²) in [6.07, 6.45) is 12.9. The lowest BCUT2D eigenvalue weighted by atomic mass is 9.72. The molecule has 0 radical (unpaired) electrons. The first-order chi connectivity index (χ1) is 5.33. The van der Waals surface area contributed by atoms with Crippen molar-refractivity contribution in [2.24, 2.45) is 11.1 Å². The van der Waals surface area contributed by atoms with Crippen LogP contribution in [0, 0.1) is 17.8 Å². The highest BCUT2D eigenvalue weighted by Crippen LogP contribution is 2.37. The van der Waals surface area contributed by atoms with Gasteiger partial charge >= 0.3 is 0 Å². The zero-order chi connectivity index (χ0) is 8.16. The van der Waals surface area contributed by atoms with Gasteiger partial charge < -0.3 is 5.73 Å². The maximum absolute atomic E-state index is 5.52. The Hall–Kier alpha value is -0.480. The van der Waals surface area contributed by atoms with Gasteiger partial charge in [0.2, 0.25) is 0 Å². The first kappa shape index (κ1) is 8.62. The first-order valence-corrected chi connectivity index (χ1v) is 4.51. The highest BCUT2D eigenvalue weighted by molar-refractivity contribution is 5.06. The number of nitrogens with two attached hydrogens (primary N) is 1. The van der Waals surface area contributed by atoms with E-state index in [1.54, 1.807) is 0 Å². The summed E-state index contributed by atoms with van der Waals surface area (Å²) in [5.41, 5.74) is 5.70. The van der Waals surface area contributed by atoms with Gasteiger partial charge in [0, 0.05) is 5.41 Å². The van der Waals surface area contributed by atoms with Gasteiger partial charge in [-0.3, -0.25) is 0 Å². The standard InChI is InChI=1S/C10H17N/c1-2-10(8-9-11)6-4-3-5-7-10/h1H,3-9,11H2. The minimum atomic E-state index is 0.174. The summed E-state index contributed by atoms with van der Waals surface area (Å²) in [6.45, 7) is 0.740. The van der Waals surface area contributed by atoms with Crippen molar-refractivity contribution in [3.8, 4) is 12.3 Å². The Balaban J connectivity index is 2.51. The quantitative estimate of drug-likeness (QED) is 0.599. The van der Waals surface area contributed by atoms with Crippen molar-refractivity contribution in [1.29, 1.82) is 0 Å². The maximum Gasteiger partial charge on any atom is 0.0324 e. The predicted octanol–water partition coefficient (Wildman–Crippen LogP) is 1.92. The lowest BCUT2D eigenvalue weighted by molar-refractivity contribution is 0.257. The number of terminal acetylenes is 1. The molecule has 0 aliphatic heterocycles. The van der Waals surface area contributed by atoms with Gasteiger partial charge in [0.15, 0.2) is 0 Å². The van der Waals surface area contributed by atoms with Gasteiger partial charge in [-0.15, -0.1) is 6.42 Å². The zero-order valence-electron chi connectivity index (χ0n) is 7.10. The van der Waals surface area contributed by atoms with Crippen LogP contribution in [-0.2, 0) is 0 Å². The van der Waals surface area contributed by atoms with Crippen molar-refractivity contribution in [3.05, 3.63) is 0 Å². The van der Waals surface area contributed by atoms with E-state index in [4.69, 9.17) is 12.2 Å². The van der Waals surface area contributed by atoms with E-state index in [0.717, 1.165) is 13.0 Å². The van der Waals surface area contributed by atoms with Crippen molar-refractivity contribution in [1.82, 2.24) is 0 Å². The first-order valence-electron chi connectivity index (χ1n) is 4.51. The van der Waals surface area contributed by atoms with Crippen LogP contribution in [0.4, 0.5) is 0 Å². The van der Waals surface area contributed by atoms with E-state index in [-0.39, 0.29) is 5.41 Å². The van der Waals surface area contributed by atoms with E-state index in [1.807, 2.05) is 0 Å². The SMILES string of the molecule is C#CC1(CCN)CCCCC1. The topological polar surface area (TPSA) is 26.0 Å². The second-order valence-electron chi connectivity index (χ2n) is 3.52. The lowest BCUT2D eigenvalue weighted by Crippen LogP contribution is -2.25. The Morgan fingerprint density at radius 1 is 1.27 bits per heavy atom. The third-order valence-corrected chi connectivity index (χ3v) is 2.74. The molecule has 0 heterocycles. The van der Waals surface area contributed by atoms with E-state index in [2.05, 4.69) is 5.92 Å². The zero-order valence-corrected chi connectivity index (χ0v) is 7.10. The van der Waals surface area contributed by atoms with Gasteiger partial charge in [0.1, 0.15) is 0 Å². The van der Waals surface area contributed by atoms with Crippen molar-refractivity contribution in [2.45, 2.75) is 38.5 Å². The summed E-state index contributed by atoms with van der Waals surface area (Å²) < 4.78 is 0. The number of hydrogen-bond donors (Lipinski definition) is 1. The molecular weight excluding hydrogens is 134 g/mol. The van der Waals surface area contributed by atoms with Crippen LogP contribution in [0.5, 0.6) is 0 Å². The molecule has 0 spiro atoms. The molecule has 1 saturated carbocycles. The molecule has 0 unspecified atom stereocenters. The second-order valence-corrected chi connectivity index (χ2v) is 3.52. The Bertz CT molecular complexity index is 143. The van der Waals surface area contributed by atoms with E-state index in [0.29, 0.717) is 0 Å². The molecule has 0 amide bonds. The van der Waals surface area contributed by atoms with Crippen molar-refractivity contribution >= 4 is 0 Å². The molecule has 1 fully saturated rings. The smallest absolute Gasteiger partial charge is 0.0324 e. The molecule has 0 atom stereocenters. The summed E-state index contributed by atoms with van der Waals surface area (Å²) in [6, 6.07) is 0. The average molecular weight is 151 g/mol. The molecule has 0 bridgehead atoms. The summed E-state index contributed by atoms with van der Waals surface area (Å²) in [5, 5.41) is 0. The van der Waals surface area contributed by atoms with Crippen LogP contribution >= 0.6 is 0 Å². The van der Waals surface area contributed by atoms with Crippen molar-refractivity contribution in [3.63, 3.8) is 0 Å². The maximum atomic E-state index is 5.52. The molecule has 1 aliphatic carbocycles. The molecule has 2 N–H and O–H groups in total.